The van der Waals surface area contributed by atoms with E-state index < -0.39 is 0 Å². The van der Waals surface area contributed by atoms with Gasteiger partial charge < -0.3 is 4.74 Å². The monoisotopic (exact) mass is 207 g/mol. The smallest absolute Gasteiger partial charge is 0.276 e. The quantitative estimate of drug-likeness (QED) is 0.559. The molecule has 0 atom stereocenters. The predicted molar refractivity (Wildman–Crippen MR) is 61.8 cm³/mol. The first-order valence-electron chi connectivity index (χ1n) is 5.00. The molecule has 0 saturated carbocycles. The van der Waals surface area contributed by atoms with Crippen molar-refractivity contribution in [1.82, 2.24) is 0 Å². The minimum absolute atomic E-state index is 0.164. The molecule has 0 radical (unpaired) electrons. The molecular formula is C12H19N2O+. The molecule has 0 heterocycles. The van der Waals surface area contributed by atoms with Gasteiger partial charge in [-0.15, -0.1) is 0 Å². The Morgan fingerprint density at radius 2 is 1.80 bits per heavy atom. The lowest BCUT2D eigenvalue weighted by Gasteiger charge is -2.19. The Hall–Kier alpha value is -1.51. The van der Waals surface area contributed by atoms with E-state index in [9.17, 15) is 0 Å². The largest absolute Gasteiger partial charge is 0.481 e. The van der Waals surface area contributed by atoms with Crippen molar-refractivity contribution < 1.29 is 10.1 Å². The molecule has 0 bridgehead atoms. The number of amidine groups is 1. The van der Waals surface area contributed by atoms with E-state index in [1.165, 1.54) is 5.56 Å². The van der Waals surface area contributed by atoms with E-state index in [-0.39, 0.29) is 17.9 Å². The summed E-state index contributed by atoms with van der Waals surface area (Å²) in [5, 5.41) is 5.31. The number of hydrogen-bond donors (Lipinski definition) is 2. The zero-order valence-corrected chi connectivity index (χ0v) is 9.58. The predicted octanol–water partition coefficient (Wildman–Crippen LogP) is 0.479. The third-order valence-electron chi connectivity index (χ3n) is 2.13. The molecule has 0 aromatic heterocycles. The highest BCUT2D eigenvalue weighted by Crippen LogP contribution is 2.24. The van der Waals surface area contributed by atoms with Crippen molar-refractivity contribution in [3.8, 4) is 5.75 Å². The maximum Gasteiger partial charge on any atom is 0.276 e. The van der Waals surface area contributed by atoms with Crippen molar-refractivity contribution >= 4 is 5.84 Å². The van der Waals surface area contributed by atoms with Gasteiger partial charge >= 0.3 is 0 Å². The molecule has 0 aliphatic rings. The molecule has 3 nitrogen and oxygen atoms in total. The first-order valence-corrected chi connectivity index (χ1v) is 5.00. The minimum atomic E-state index is 0.164. The average Bonchev–Trinajstić information content (AvgIpc) is 2.14. The molecular weight excluding hydrogens is 188 g/mol. The SMILES string of the molecule is CC(C)(C)c1ccc(OCC(N)=[NH2+])cc1. The highest BCUT2D eigenvalue weighted by atomic mass is 16.5. The van der Waals surface area contributed by atoms with E-state index >= 15 is 0 Å². The van der Waals surface area contributed by atoms with E-state index in [1.54, 1.807) is 0 Å². The summed E-state index contributed by atoms with van der Waals surface area (Å²) < 4.78 is 5.35. The molecule has 0 spiro atoms. The fraction of sp³-hybridized carbons (Fsp3) is 0.417. The van der Waals surface area contributed by atoms with Crippen molar-refractivity contribution in [2.75, 3.05) is 6.61 Å². The van der Waals surface area contributed by atoms with Crippen LogP contribution in [0.5, 0.6) is 5.75 Å². The molecule has 3 heteroatoms. The molecule has 0 fully saturated rings. The number of nitrogens with two attached hydrogens (primary N) is 2. The second-order valence-electron chi connectivity index (χ2n) is 4.64. The summed E-state index contributed by atoms with van der Waals surface area (Å²) in [5.74, 6) is 1.08. The number of hydrogen-bond acceptors (Lipinski definition) is 1. The molecule has 0 amide bonds. The summed E-state index contributed by atoms with van der Waals surface area (Å²) in [6, 6.07) is 7.98. The van der Waals surface area contributed by atoms with Crippen LogP contribution in [0.15, 0.2) is 24.3 Å². The van der Waals surface area contributed by atoms with Crippen LogP contribution in [0, 0.1) is 0 Å². The van der Waals surface area contributed by atoms with Gasteiger partial charge in [0.1, 0.15) is 5.75 Å². The van der Waals surface area contributed by atoms with Crippen molar-refractivity contribution in [2.45, 2.75) is 26.2 Å². The van der Waals surface area contributed by atoms with Gasteiger partial charge in [0, 0.05) is 0 Å². The third kappa shape index (κ3) is 3.62. The van der Waals surface area contributed by atoms with Crippen LogP contribution in [-0.2, 0) is 5.41 Å². The Balaban J connectivity index is 2.69. The average molecular weight is 207 g/mol. The summed E-state index contributed by atoms with van der Waals surface area (Å²) in [4.78, 5) is 0. The molecule has 4 N–H and O–H groups in total. The van der Waals surface area contributed by atoms with Crippen LogP contribution in [0.1, 0.15) is 26.3 Å². The minimum Gasteiger partial charge on any atom is -0.481 e. The van der Waals surface area contributed by atoms with Crippen LogP contribution >= 0.6 is 0 Å². The molecule has 82 valence electrons. The molecule has 0 unspecified atom stereocenters. The Morgan fingerprint density at radius 1 is 1.27 bits per heavy atom. The van der Waals surface area contributed by atoms with Crippen LogP contribution in [0.25, 0.3) is 0 Å². The molecule has 0 aliphatic heterocycles. The van der Waals surface area contributed by atoms with Gasteiger partial charge in [0.25, 0.3) is 5.84 Å². The second-order valence-corrected chi connectivity index (χ2v) is 4.64. The lowest BCUT2D eigenvalue weighted by atomic mass is 9.87. The fourth-order valence-corrected chi connectivity index (χ4v) is 1.22. The number of rotatable bonds is 3. The topological polar surface area (TPSA) is 60.8 Å². The zero-order valence-electron chi connectivity index (χ0n) is 9.58. The molecule has 1 aromatic carbocycles. The first kappa shape index (κ1) is 11.6. The second kappa shape index (κ2) is 4.34. The van der Waals surface area contributed by atoms with Crippen molar-refractivity contribution in [1.29, 1.82) is 0 Å². The van der Waals surface area contributed by atoms with Crippen molar-refractivity contribution in [3.63, 3.8) is 0 Å². The lowest BCUT2D eigenvalue weighted by Crippen LogP contribution is -2.49. The van der Waals surface area contributed by atoms with Gasteiger partial charge in [-0.05, 0) is 23.1 Å². The maximum absolute atomic E-state index is 5.35. The lowest BCUT2D eigenvalue weighted by molar-refractivity contribution is -0.119. The highest BCUT2D eigenvalue weighted by Gasteiger charge is 2.12. The Bertz CT molecular complexity index is 336. The van der Waals surface area contributed by atoms with E-state index in [2.05, 4.69) is 32.9 Å². The summed E-state index contributed by atoms with van der Waals surface area (Å²) in [6.07, 6.45) is 0. The molecule has 0 saturated heterocycles. The van der Waals surface area contributed by atoms with Gasteiger partial charge in [-0.25, -0.2) is 0 Å². The Kier molecular flexibility index (Phi) is 3.35. The third-order valence-corrected chi connectivity index (χ3v) is 2.13. The van der Waals surface area contributed by atoms with Crippen LogP contribution < -0.4 is 15.9 Å². The summed E-state index contributed by atoms with van der Waals surface area (Å²) >= 11 is 0. The van der Waals surface area contributed by atoms with Gasteiger partial charge in [-0.2, -0.15) is 0 Å². The zero-order chi connectivity index (χ0) is 11.5. The fourth-order valence-electron chi connectivity index (χ4n) is 1.22. The van der Waals surface area contributed by atoms with E-state index in [4.69, 9.17) is 15.9 Å². The summed E-state index contributed by atoms with van der Waals surface area (Å²) in [5.41, 5.74) is 6.75. The number of ether oxygens (including phenoxy) is 1. The van der Waals surface area contributed by atoms with E-state index in [0.717, 1.165) is 5.75 Å². The standard InChI is InChI=1S/C12H18N2O/c1-12(2,3)9-4-6-10(7-5-9)15-8-11(13)14/h4-7H,8H2,1-3H3,(H3,13,14)/p+1. The van der Waals surface area contributed by atoms with Crippen molar-refractivity contribution in [3.05, 3.63) is 29.8 Å². The van der Waals surface area contributed by atoms with Crippen LogP contribution in [0.4, 0.5) is 0 Å². The van der Waals surface area contributed by atoms with Crippen LogP contribution in [-0.4, -0.2) is 12.4 Å². The number of benzene rings is 1. The first-order chi connectivity index (χ1) is 6.89. The highest BCUT2D eigenvalue weighted by molar-refractivity contribution is 5.75. The molecule has 0 aliphatic carbocycles. The molecule has 1 rings (SSSR count). The van der Waals surface area contributed by atoms with Crippen LogP contribution in [0.3, 0.4) is 0 Å². The van der Waals surface area contributed by atoms with Crippen molar-refractivity contribution in [2.24, 2.45) is 5.73 Å². The molecule has 1 aromatic rings. The van der Waals surface area contributed by atoms with Gasteiger partial charge in [0.05, 0.1) is 0 Å². The van der Waals surface area contributed by atoms with Crippen LogP contribution in [0.2, 0.25) is 0 Å². The summed E-state index contributed by atoms with van der Waals surface area (Å²) in [7, 11) is 0. The Morgan fingerprint density at radius 3 is 2.20 bits per heavy atom. The Labute approximate surface area is 90.8 Å². The van der Waals surface area contributed by atoms with Gasteiger partial charge in [0.15, 0.2) is 6.61 Å². The van der Waals surface area contributed by atoms with Gasteiger partial charge in [-0.1, -0.05) is 32.9 Å². The molecule has 15 heavy (non-hydrogen) atoms. The maximum atomic E-state index is 5.35. The van der Waals surface area contributed by atoms with Gasteiger partial charge in [0.2, 0.25) is 0 Å². The van der Waals surface area contributed by atoms with Gasteiger partial charge in [-0.3, -0.25) is 11.1 Å². The van der Waals surface area contributed by atoms with E-state index in [1.807, 2.05) is 12.1 Å². The summed E-state index contributed by atoms with van der Waals surface area (Å²) in [6.45, 7) is 6.78. The normalized spacial score (nSPS) is 11.1. The van der Waals surface area contributed by atoms with E-state index in [0.29, 0.717) is 0 Å².